The number of hydrogen-bond donors (Lipinski definition) is 1. The summed E-state index contributed by atoms with van der Waals surface area (Å²) in [6.07, 6.45) is 0.799. The van der Waals surface area contributed by atoms with E-state index in [0.29, 0.717) is 0 Å². The van der Waals surface area contributed by atoms with Gasteiger partial charge in [-0.25, -0.2) is 0 Å². The second-order valence-corrected chi connectivity index (χ2v) is 3.28. The summed E-state index contributed by atoms with van der Waals surface area (Å²) in [7, 11) is -2.99. The zero-order chi connectivity index (χ0) is 5.21. The monoisotopic (exact) mass is 105 g/mol. The average molecular weight is 105 g/mol. The molecule has 0 aromatic rings. The normalized spacial score (nSPS) is 19.8. The summed E-state index contributed by atoms with van der Waals surface area (Å²) in [5.41, 5.74) is 0. The van der Waals surface area contributed by atoms with Crippen LogP contribution in [-0.2, 0) is 4.57 Å². The van der Waals surface area contributed by atoms with E-state index in [1.165, 1.54) is 6.66 Å². The number of hydrogen-bond acceptors (Lipinski definition) is 1. The van der Waals surface area contributed by atoms with Crippen molar-refractivity contribution < 1.29 is 9.46 Å². The van der Waals surface area contributed by atoms with Crippen LogP contribution in [0.1, 0.15) is 0 Å². The average Bonchev–Trinajstić information content (AvgIpc) is 1.35. The molecular weight excluding hydrogens is 99.0 g/mol. The quantitative estimate of drug-likeness (QED) is 0.500. The maximum absolute atomic E-state index is 9.96. The molecule has 0 fully saturated rings. The van der Waals surface area contributed by atoms with E-state index in [1.54, 1.807) is 0 Å². The summed E-state index contributed by atoms with van der Waals surface area (Å²) in [6.45, 7) is 5.84. The van der Waals surface area contributed by atoms with E-state index in [-0.39, 0.29) is 0 Å². The lowest BCUT2D eigenvalue weighted by Crippen LogP contribution is -1.68. The molecule has 0 bridgehead atoms. The van der Waals surface area contributed by atoms with E-state index in [9.17, 15) is 4.57 Å². The number of rotatable bonds is 1. The third-order valence-corrected chi connectivity index (χ3v) is 0.830. The van der Waals surface area contributed by atoms with E-state index in [1.807, 2.05) is 0 Å². The van der Waals surface area contributed by atoms with Crippen LogP contribution in [0.25, 0.3) is 0 Å². The lowest BCUT2D eigenvalue weighted by molar-refractivity contribution is 0.493. The van der Waals surface area contributed by atoms with Crippen LogP contribution in [0.15, 0.2) is 0 Å². The molecule has 3 heteroatoms. The fraction of sp³-hybridized carbons (Fsp3) is 0.333. The molecule has 0 heterocycles. The molecule has 35 valence electrons. The van der Waals surface area contributed by atoms with E-state index in [2.05, 4.69) is 6.92 Å². The van der Waals surface area contributed by atoms with Gasteiger partial charge in [0.25, 0.3) is 0 Å². The van der Waals surface area contributed by atoms with Crippen molar-refractivity contribution in [3.05, 3.63) is 13.1 Å². The minimum absolute atomic E-state index is 0.799. The third-order valence-electron chi connectivity index (χ3n) is 0.277. The van der Waals surface area contributed by atoms with Gasteiger partial charge in [0.1, 0.15) is 0 Å². The molecule has 0 spiro atoms. The van der Waals surface area contributed by atoms with E-state index in [0.717, 1.165) is 6.16 Å². The smallest absolute Gasteiger partial charge is 0.201 e. The minimum Gasteiger partial charge on any atom is -0.344 e. The Bertz CT molecular complexity index is 72.9. The second-order valence-electron chi connectivity index (χ2n) is 1.09. The van der Waals surface area contributed by atoms with Gasteiger partial charge in [-0.3, -0.25) is 4.57 Å². The van der Waals surface area contributed by atoms with E-state index in [4.69, 9.17) is 4.89 Å². The molecule has 0 rings (SSSR count). The summed E-state index contributed by atoms with van der Waals surface area (Å²) < 4.78 is 9.96. The van der Waals surface area contributed by atoms with Crippen molar-refractivity contribution in [1.82, 2.24) is 0 Å². The van der Waals surface area contributed by atoms with Gasteiger partial charge in [0.15, 0.2) is 0 Å². The summed E-state index contributed by atoms with van der Waals surface area (Å²) in [6, 6.07) is 0. The van der Waals surface area contributed by atoms with Gasteiger partial charge in [0.2, 0.25) is 7.37 Å². The zero-order valence-corrected chi connectivity index (χ0v) is 4.35. The molecule has 1 unspecified atom stereocenters. The van der Waals surface area contributed by atoms with Crippen LogP contribution in [0.5, 0.6) is 0 Å². The Hall–Kier alpha value is 0.190. The van der Waals surface area contributed by atoms with Crippen LogP contribution in [0.3, 0.4) is 0 Å². The standard InChI is InChI=1S/C3H6O2P/c1-3-6(2,4)5/h1,3H,2H3,(H,4,5). The van der Waals surface area contributed by atoms with Gasteiger partial charge < -0.3 is 4.89 Å². The fourth-order valence-electron chi connectivity index (χ4n) is 0. The molecule has 0 aromatic heterocycles. The highest BCUT2D eigenvalue weighted by Gasteiger charge is 2.02. The van der Waals surface area contributed by atoms with Gasteiger partial charge in [-0.05, 0) is 6.92 Å². The molecule has 0 saturated carbocycles. The summed E-state index contributed by atoms with van der Waals surface area (Å²) >= 11 is 0. The first kappa shape index (κ1) is 6.19. The van der Waals surface area contributed by atoms with Crippen molar-refractivity contribution in [3.63, 3.8) is 0 Å². The van der Waals surface area contributed by atoms with Crippen molar-refractivity contribution in [2.75, 3.05) is 6.66 Å². The molecule has 1 N–H and O–H groups in total. The van der Waals surface area contributed by atoms with Crippen LogP contribution in [0.2, 0.25) is 0 Å². The first-order valence-corrected chi connectivity index (χ1v) is 3.60. The van der Waals surface area contributed by atoms with Gasteiger partial charge in [-0.15, -0.1) is 0 Å². The second kappa shape index (κ2) is 1.76. The van der Waals surface area contributed by atoms with Crippen molar-refractivity contribution in [1.29, 1.82) is 0 Å². The molecule has 0 saturated heterocycles. The molecule has 0 aromatic carbocycles. The zero-order valence-electron chi connectivity index (χ0n) is 3.46. The molecule has 1 atom stereocenters. The van der Waals surface area contributed by atoms with Crippen molar-refractivity contribution >= 4 is 7.37 Å². The Labute approximate surface area is 37.6 Å². The van der Waals surface area contributed by atoms with Gasteiger partial charge in [0, 0.05) is 6.66 Å². The van der Waals surface area contributed by atoms with Gasteiger partial charge in [0.05, 0.1) is 6.16 Å². The highest BCUT2D eigenvalue weighted by atomic mass is 31.2. The first-order valence-electron chi connectivity index (χ1n) is 1.42. The van der Waals surface area contributed by atoms with E-state index >= 15 is 0 Å². The Morgan fingerprint density at radius 1 is 2.00 bits per heavy atom. The molecule has 0 aliphatic heterocycles. The SMILES string of the molecule is [CH][CH]P(C)(=O)O. The van der Waals surface area contributed by atoms with Crippen LogP contribution in [0, 0.1) is 13.1 Å². The molecule has 0 aliphatic rings. The minimum atomic E-state index is -2.99. The lowest BCUT2D eigenvalue weighted by atomic mass is 11.0. The van der Waals surface area contributed by atoms with Crippen molar-refractivity contribution in [2.24, 2.45) is 0 Å². The third kappa shape index (κ3) is 4.19. The fourth-order valence-corrected chi connectivity index (χ4v) is 0. The first-order chi connectivity index (χ1) is 2.56. The van der Waals surface area contributed by atoms with Crippen molar-refractivity contribution in [2.45, 2.75) is 0 Å². The van der Waals surface area contributed by atoms with Gasteiger partial charge in [-0.2, -0.15) is 0 Å². The van der Waals surface area contributed by atoms with Crippen LogP contribution in [-0.4, -0.2) is 11.6 Å². The molecule has 6 heavy (non-hydrogen) atoms. The van der Waals surface area contributed by atoms with Crippen LogP contribution >= 0.6 is 7.37 Å². The molecular formula is C3H6O2P. The Balaban J connectivity index is 3.48. The highest BCUT2D eigenvalue weighted by Crippen LogP contribution is 2.37. The molecule has 0 amide bonds. The summed E-state index contributed by atoms with van der Waals surface area (Å²) in [5, 5.41) is 0. The summed E-state index contributed by atoms with van der Waals surface area (Å²) in [4.78, 5) is 8.20. The van der Waals surface area contributed by atoms with Crippen LogP contribution < -0.4 is 0 Å². The molecule has 0 aliphatic carbocycles. The topological polar surface area (TPSA) is 37.3 Å². The largest absolute Gasteiger partial charge is 0.344 e. The van der Waals surface area contributed by atoms with Crippen molar-refractivity contribution in [3.8, 4) is 0 Å². The Morgan fingerprint density at radius 2 is 2.17 bits per heavy atom. The predicted molar refractivity (Wildman–Crippen MR) is 24.3 cm³/mol. The molecule has 2 nitrogen and oxygen atoms in total. The Kier molecular flexibility index (Phi) is 1.82. The predicted octanol–water partition coefficient (Wildman–Crippen LogP) is 0.759. The van der Waals surface area contributed by atoms with Gasteiger partial charge in [-0.1, -0.05) is 0 Å². The molecule has 3 radical (unpaired) electrons. The lowest BCUT2D eigenvalue weighted by Gasteiger charge is -1.93. The highest BCUT2D eigenvalue weighted by molar-refractivity contribution is 7.59. The van der Waals surface area contributed by atoms with Crippen LogP contribution in [0.4, 0.5) is 0 Å². The maximum atomic E-state index is 9.96. The maximum Gasteiger partial charge on any atom is 0.201 e. The van der Waals surface area contributed by atoms with E-state index < -0.39 is 7.37 Å². The Morgan fingerprint density at radius 3 is 2.17 bits per heavy atom. The van der Waals surface area contributed by atoms with Gasteiger partial charge >= 0.3 is 0 Å². The summed E-state index contributed by atoms with van der Waals surface area (Å²) in [5.74, 6) is 0.